The maximum Gasteiger partial charge on any atom is 0.310 e. The first-order valence-electron chi connectivity index (χ1n) is 5.86. The number of carbonyl (C=O) groups excluding carboxylic acids is 1. The lowest BCUT2D eigenvalue weighted by Gasteiger charge is -2.09. The second kappa shape index (κ2) is 5.66. The number of rotatable bonds is 4. The minimum Gasteiger partial charge on any atom is -0.508 e. The summed E-state index contributed by atoms with van der Waals surface area (Å²) in [5, 5.41) is 28.5. The lowest BCUT2D eigenvalue weighted by molar-refractivity contribution is -0.139. The Balaban J connectivity index is 2.52. The number of hydrogen-bond donors (Lipinski definition) is 3. The average Bonchev–Trinajstić information content (AvgIpc) is 2.86. The van der Waals surface area contributed by atoms with Crippen LogP contribution in [0.15, 0.2) is 28.7 Å². The normalized spacial score (nSPS) is 10.5. The molecule has 0 atom stereocenters. The highest BCUT2D eigenvalue weighted by Crippen LogP contribution is 2.37. The van der Waals surface area contributed by atoms with Gasteiger partial charge in [0.25, 0.3) is 0 Å². The second-order valence-electron chi connectivity index (χ2n) is 4.18. The first-order chi connectivity index (χ1) is 9.55. The van der Waals surface area contributed by atoms with Crippen molar-refractivity contribution in [1.29, 1.82) is 0 Å². The van der Waals surface area contributed by atoms with Gasteiger partial charge in [-0.1, -0.05) is 0 Å². The molecule has 2 aromatic rings. The number of phenolic OH excluding ortho intramolecular Hbond substituents is 2. The van der Waals surface area contributed by atoms with Crippen molar-refractivity contribution in [2.24, 2.45) is 0 Å². The zero-order valence-electron chi connectivity index (χ0n) is 10.8. The number of ether oxygens (including phenoxy) is 1. The molecule has 106 valence electrons. The van der Waals surface area contributed by atoms with Crippen molar-refractivity contribution in [3.05, 3.63) is 35.6 Å². The number of phenols is 2. The molecule has 0 aliphatic rings. The van der Waals surface area contributed by atoms with Crippen LogP contribution in [0.2, 0.25) is 0 Å². The standard InChI is InChI=1S/C14H14O6/c1-19-13(18)5-8-4-9(16)6-11(17)14(8)12-3-2-10(7-15)20-12/h2-4,6,15-17H,5,7H2,1H3. The van der Waals surface area contributed by atoms with Gasteiger partial charge >= 0.3 is 5.97 Å². The van der Waals surface area contributed by atoms with Crippen LogP contribution in [0.25, 0.3) is 11.3 Å². The van der Waals surface area contributed by atoms with E-state index in [0.29, 0.717) is 17.1 Å². The number of benzene rings is 1. The van der Waals surface area contributed by atoms with Crippen molar-refractivity contribution in [3.63, 3.8) is 0 Å². The number of esters is 1. The van der Waals surface area contributed by atoms with Crippen LogP contribution in [-0.4, -0.2) is 28.4 Å². The van der Waals surface area contributed by atoms with Crippen molar-refractivity contribution in [3.8, 4) is 22.8 Å². The molecule has 0 aliphatic heterocycles. The lowest BCUT2D eigenvalue weighted by atomic mass is 10.0. The Kier molecular flexibility index (Phi) is 3.95. The van der Waals surface area contributed by atoms with Gasteiger partial charge in [0.2, 0.25) is 0 Å². The molecule has 0 fully saturated rings. The van der Waals surface area contributed by atoms with E-state index in [-0.39, 0.29) is 30.1 Å². The third kappa shape index (κ3) is 2.75. The fraction of sp³-hybridized carbons (Fsp3) is 0.214. The van der Waals surface area contributed by atoms with Crippen molar-refractivity contribution < 1.29 is 29.3 Å². The zero-order valence-corrected chi connectivity index (χ0v) is 10.8. The molecule has 3 N–H and O–H groups in total. The van der Waals surface area contributed by atoms with Crippen LogP contribution in [0.1, 0.15) is 11.3 Å². The van der Waals surface area contributed by atoms with E-state index in [1.165, 1.54) is 13.2 Å². The lowest BCUT2D eigenvalue weighted by Crippen LogP contribution is -2.05. The third-order valence-electron chi connectivity index (χ3n) is 2.81. The molecule has 0 saturated carbocycles. The molecule has 0 aliphatic carbocycles. The van der Waals surface area contributed by atoms with Crippen LogP contribution in [0.5, 0.6) is 11.5 Å². The monoisotopic (exact) mass is 278 g/mol. The number of aromatic hydroxyl groups is 2. The zero-order chi connectivity index (χ0) is 14.7. The predicted octanol–water partition coefficient (Wildman–Crippen LogP) is 1.57. The first kappa shape index (κ1) is 14.0. The molecule has 1 aromatic heterocycles. The van der Waals surface area contributed by atoms with Crippen molar-refractivity contribution in [1.82, 2.24) is 0 Å². The van der Waals surface area contributed by atoms with E-state index >= 15 is 0 Å². The van der Waals surface area contributed by atoms with Crippen molar-refractivity contribution >= 4 is 5.97 Å². The topological polar surface area (TPSA) is 100 Å². The van der Waals surface area contributed by atoms with Gasteiger partial charge in [0.05, 0.1) is 19.1 Å². The van der Waals surface area contributed by atoms with Crippen LogP contribution in [0.3, 0.4) is 0 Å². The number of hydrogen-bond acceptors (Lipinski definition) is 6. The summed E-state index contributed by atoms with van der Waals surface area (Å²) in [6, 6.07) is 5.63. The molecule has 0 unspecified atom stereocenters. The van der Waals surface area contributed by atoms with E-state index in [2.05, 4.69) is 4.74 Å². The molecule has 6 heteroatoms. The van der Waals surface area contributed by atoms with E-state index in [0.717, 1.165) is 6.07 Å². The Hall–Kier alpha value is -2.47. The van der Waals surface area contributed by atoms with Gasteiger partial charge in [-0.15, -0.1) is 0 Å². The van der Waals surface area contributed by atoms with E-state index in [1.54, 1.807) is 12.1 Å². The highest BCUT2D eigenvalue weighted by Gasteiger charge is 2.18. The van der Waals surface area contributed by atoms with Gasteiger partial charge in [-0.3, -0.25) is 4.79 Å². The summed E-state index contributed by atoms with van der Waals surface area (Å²) in [5.74, 6) is -0.269. The summed E-state index contributed by atoms with van der Waals surface area (Å²) in [4.78, 5) is 11.4. The number of aliphatic hydroxyl groups excluding tert-OH is 1. The molecule has 0 spiro atoms. The van der Waals surface area contributed by atoms with Crippen LogP contribution < -0.4 is 0 Å². The largest absolute Gasteiger partial charge is 0.508 e. The van der Waals surface area contributed by atoms with Gasteiger partial charge in [0, 0.05) is 6.07 Å². The smallest absolute Gasteiger partial charge is 0.310 e. The summed E-state index contributed by atoms with van der Waals surface area (Å²) in [6.45, 7) is -0.273. The summed E-state index contributed by atoms with van der Waals surface area (Å²) in [5.41, 5.74) is 0.654. The van der Waals surface area contributed by atoms with Gasteiger partial charge in [-0.25, -0.2) is 0 Å². The first-order valence-corrected chi connectivity index (χ1v) is 5.86. The number of carbonyl (C=O) groups is 1. The Morgan fingerprint density at radius 3 is 2.65 bits per heavy atom. The molecule has 1 aromatic carbocycles. The fourth-order valence-electron chi connectivity index (χ4n) is 1.92. The van der Waals surface area contributed by atoms with Gasteiger partial charge in [-0.05, 0) is 23.8 Å². The summed E-state index contributed by atoms with van der Waals surface area (Å²) in [6.07, 6.45) is -0.122. The Morgan fingerprint density at radius 1 is 1.30 bits per heavy atom. The fourth-order valence-corrected chi connectivity index (χ4v) is 1.92. The molecule has 0 radical (unpaired) electrons. The SMILES string of the molecule is COC(=O)Cc1cc(O)cc(O)c1-c1ccc(CO)o1. The quantitative estimate of drug-likeness (QED) is 0.734. The average molecular weight is 278 g/mol. The molecule has 20 heavy (non-hydrogen) atoms. The highest BCUT2D eigenvalue weighted by atomic mass is 16.5. The summed E-state index contributed by atoms with van der Waals surface area (Å²) in [7, 11) is 1.25. The maximum absolute atomic E-state index is 11.4. The van der Waals surface area contributed by atoms with E-state index in [1.807, 2.05) is 0 Å². The van der Waals surface area contributed by atoms with E-state index in [4.69, 9.17) is 9.52 Å². The second-order valence-corrected chi connectivity index (χ2v) is 4.18. The molecule has 1 heterocycles. The Morgan fingerprint density at radius 2 is 2.05 bits per heavy atom. The van der Waals surface area contributed by atoms with Crippen molar-refractivity contribution in [2.45, 2.75) is 13.0 Å². The number of methoxy groups -OCH3 is 1. The molecule has 6 nitrogen and oxygen atoms in total. The van der Waals surface area contributed by atoms with Gasteiger partial charge in [-0.2, -0.15) is 0 Å². The molecule has 0 amide bonds. The van der Waals surface area contributed by atoms with Gasteiger partial charge < -0.3 is 24.5 Å². The van der Waals surface area contributed by atoms with Crippen LogP contribution in [-0.2, 0) is 22.6 Å². The predicted molar refractivity (Wildman–Crippen MR) is 69.1 cm³/mol. The van der Waals surface area contributed by atoms with Crippen LogP contribution >= 0.6 is 0 Å². The molecule has 0 saturated heterocycles. The molecular formula is C14H14O6. The third-order valence-corrected chi connectivity index (χ3v) is 2.81. The van der Waals surface area contributed by atoms with Crippen LogP contribution in [0, 0.1) is 0 Å². The Bertz CT molecular complexity index is 629. The Labute approximate surface area is 114 Å². The van der Waals surface area contributed by atoms with Gasteiger partial charge in [0.1, 0.15) is 29.6 Å². The number of furan rings is 1. The summed E-state index contributed by atoms with van der Waals surface area (Å²) >= 11 is 0. The minimum absolute atomic E-state index is 0.122. The molecule has 0 bridgehead atoms. The minimum atomic E-state index is -0.509. The van der Waals surface area contributed by atoms with Crippen molar-refractivity contribution in [2.75, 3.05) is 7.11 Å². The van der Waals surface area contributed by atoms with Gasteiger partial charge in [0.15, 0.2) is 0 Å². The van der Waals surface area contributed by atoms with E-state index in [9.17, 15) is 15.0 Å². The molecular weight excluding hydrogens is 264 g/mol. The summed E-state index contributed by atoms with van der Waals surface area (Å²) < 4.78 is 9.93. The number of aliphatic hydroxyl groups is 1. The molecule has 2 rings (SSSR count). The van der Waals surface area contributed by atoms with E-state index < -0.39 is 5.97 Å². The maximum atomic E-state index is 11.4. The van der Waals surface area contributed by atoms with Crippen LogP contribution in [0.4, 0.5) is 0 Å². The highest BCUT2D eigenvalue weighted by molar-refractivity contribution is 5.79.